The van der Waals surface area contributed by atoms with Crippen LogP contribution in [0.15, 0.2) is 0 Å². The van der Waals surface area contributed by atoms with Gasteiger partial charge in [-0.1, -0.05) is 0 Å². The molecule has 0 saturated carbocycles. The Hall–Kier alpha value is -0.330. The molecular weight excluding hydrogens is 223 g/mol. The molecule has 88 valence electrons. The number of carbonyl (C=O) groups is 1. The molecule has 0 aromatic carbocycles. The molecule has 15 heavy (non-hydrogen) atoms. The summed E-state index contributed by atoms with van der Waals surface area (Å²) in [5.74, 6) is -0.483. The second-order valence-corrected chi connectivity index (χ2v) is 4.59. The molecular formula is C9H15FO4S. The quantitative estimate of drug-likeness (QED) is 0.683. The summed E-state index contributed by atoms with van der Waals surface area (Å²) < 4.78 is 28.5. The lowest BCUT2D eigenvalue weighted by Gasteiger charge is -2.17. The van der Waals surface area contributed by atoms with Crippen LogP contribution in [0.4, 0.5) is 4.39 Å². The SMILES string of the molecule is COC[C@H]1SC(OC(C)=O)[C@H](F)[C@@H]1OC. The molecule has 1 heterocycles. The van der Waals surface area contributed by atoms with E-state index in [-0.39, 0.29) is 5.25 Å². The largest absolute Gasteiger partial charge is 0.448 e. The molecule has 1 unspecified atom stereocenters. The maximum absolute atomic E-state index is 13.7. The van der Waals surface area contributed by atoms with Gasteiger partial charge in [0.1, 0.15) is 6.10 Å². The Morgan fingerprint density at radius 1 is 1.47 bits per heavy atom. The van der Waals surface area contributed by atoms with Crippen LogP contribution in [-0.2, 0) is 19.0 Å². The van der Waals surface area contributed by atoms with Crippen molar-refractivity contribution in [2.24, 2.45) is 0 Å². The van der Waals surface area contributed by atoms with E-state index >= 15 is 0 Å². The van der Waals surface area contributed by atoms with Crippen molar-refractivity contribution in [2.45, 2.75) is 29.9 Å². The van der Waals surface area contributed by atoms with Gasteiger partial charge in [0.2, 0.25) is 0 Å². The summed E-state index contributed by atoms with van der Waals surface area (Å²) in [7, 11) is 2.98. The van der Waals surface area contributed by atoms with Crippen molar-refractivity contribution in [3.8, 4) is 0 Å². The van der Waals surface area contributed by atoms with Crippen molar-refractivity contribution in [1.29, 1.82) is 0 Å². The van der Waals surface area contributed by atoms with E-state index in [0.717, 1.165) is 0 Å². The number of carbonyl (C=O) groups excluding carboxylic acids is 1. The number of hydrogen-bond donors (Lipinski definition) is 0. The number of alkyl halides is 1. The molecule has 4 atom stereocenters. The van der Waals surface area contributed by atoms with Crippen LogP contribution in [0.3, 0.4) is 0 Å². The molecule has 4 nitrogen and oxygen atoms in total. The van der Waals surface area contributed by atoms with Crippen molar-refractivity contribution >= 4 is 17.7 Å². The normalized spacial score (nSPS) is 35.5. The van der Waals surface area contributed by atoms with E-state index in [0.29, 0.717) is 6.61 Å². The van der Waals surface area contributed by atoms with Gasteiger partial charge in [-0.3, -0.25) is 4.79 Å². The third-order valence-electron chi connectivity index (χ3n) is 2.13. The van der Waals surface area contributed by atoms with Crippen LogP contribution >= 0.6 is 11.8 Å². The maximum atomic E-state index is 13.7. The Bertz CT molecular complexity index is 226. The highest BCUT2D eigenvalue weighted by atomic mass is 32.2. The molecule has 0 aromatic heterocycles. The molecule has 6 heteroatoms. The molecule has 0 radical (unpaired) electrons. The van der Waals surface area contributed by atoms with E-state index in [2.05, 4.69) is 0 Å². The first-order valence-corrected chi connectivity index (χ1v) is 5.53. The summed E-state index contributed by atoms with van der Waals surface area (Å²) in [4.78, 5) is 10.7. The average Bonchev–Trinajstić information content (AvgIpc) is 2.43. The van der Waals surface area contributed by atoms with Gasteiger partial charge in [-0.25, -0.2) is 4.39 Å². The summed E-state index contributed by atoms with van der Waals surface area (Å²) in [6.07, 6.45) is -1.89. The van der Waals surface area contributed by atoms with Gasteiger partial charge in [-0.2, -0.15) is 0 Å². The fourth-order valence-corrected chi connectivity index (χ4v) is 2.99. The number of esters is 1. The van der Waals surface area contributed by atoms with Gasteiger partial charge < -0.3 is 14.2 Å². The molecule has 0 amide bonds. The Kier molecular flexibility index (Phi) is 4.82. The van der Waals surface area contributed by atoms with E-state index < -0.39 is 23.7 Å². The van der Waals surface area contributed by atoms with Crippen LogP contribution in [0.25, 0.3) is 0 Å². The van der Waals surface area contributed by atoms with Crippen LogP contribution in [0, 0.1) is 0 Å². The van der Waals surface area contributed by atoms with Crippen molar-refractivity contribution in [3.05, 3.63) is 0 Å². The molecule has 1 rings (SSSR count). The summed E-state index contributed by atoms with van der Waals surface area (Å²) in [6.45, 7) is 1.64. The molecule has 0 aliphatic carbocycles. The minimum absolute atomic E-state index is 0.139. The van der Waals surface area contributed by atoms with Crippen LogP contribution in [0.2, 0.25) is 0 Å². The maximum Gasteiger partial charge on any atom is 0.303 e. The molecule has 1 aliphatic rings. The molecule has 1 saturated heterocycles. The first-order chi connectivity index (χ1) is 7.10. The Balaban J connectivity index is 2.60. The number of rotatable bonds is 4. The van der Waals surface area contributed by atoms with Gasteiger partial charge in [0.25, 0.3) is 0 Å². The highest BCUT2D eigenvalue weighted by molar-refractivity contribution is 8.00. The molecule has 1 aliphatic heterocycles. The first-order valence-electron chi connectivity index (χ1n) is 4.58. The van der Waals surface area contributed by atoms with Crippen LogP contribution in [0.1, 0.15) is 6.92 Å². The number of hydrogen-bond acceptors (Lipinski definition) is 5. The lowest BCUT2D eigenvalue weighted by Crippen LogP contribution is -2.34. The first kappa shape index (κ1) is 12.7. The summed E-state index contributed by atoms with van der Waals surface area (Å²) in [6, 6.07) is 0. The summed E-state index contributed by atoms with van der Waals surface area (Å²) in [5, 5.41) is -0.139. The third kappa shape index (κ3) is 3.06. The number of ether oxygens (including phenoxy) is 3. The lowest BCUT2D eigenvalue weighted by atomic mass is 10.2. The number of thioether (sulfide) groups is 1. The van der Waals surface area contributed by atoms with Gasteiger partial charge in [-0.15, -0.1) is 11.8 Å². The van der Waals surface area contributed by atoms with Gasteiger partial charge in [0.15, 0.2) is 11.6 Å². The van der Waals surface area contributed by atoms with E-state index in [4.69, 9.17) is 14.2 Å². The van der Waals surface area contributed by atoms with E-state index in [1.54, 1.807) is 7.11 Å². The second kappa shape index (κ2) is 5.67. The molecule has 0 N–H and O–H groups in total. The van der Waals surface area contributed by atoms with Crippen molar-refractivity contribution in [2.75, 3.05) is 20.8 Å². The fourth-order valence-electron chi connectivity index (χ4n) is 1.52. The van der Waals surface area contributed by atoms with E-state index in [1.807, 2.05) is 0 Å². The summed E-state index contributed by atoms with van der Waals surface area (Å²) >= 11 is 1.24. The number of methoxy groups -OCH3 is 2. The Labute approximate surface area is 92.4 Å². The Morgan fingerprint density at radius 3 is 2.60 bits per heavy atom. The molecule has 1 fully saturated rings. The van der Waals surface area contributed by atoms with Crippen molar-refractivity contribution in [3.63, 3.8) is 0 Å². The molecule has 0 bridgehead atoms. The van der Waals surface area contributed by atoms with Crippen LogP contribution in [0.5, 0.6) is 0 Å². The van der Waals surface area contributed by atoms with Gasteiger partial charge in [0, 0.05) is 21.1 Å². The van der Waals surface area contributed by atoms with Crippen LogP contribution < -0.4 is 0 Å². The zero-order chi connectivity index (χ0) is 11.4. The zero-order valence-corrected chi connectivity index (χ0v) is 9.75. The van der Waals surface area contributed by atoms with Gasteiger partial charge in [0.05, 0.1) is 11.9 Å². The lowest BCUT2D eigenvalue weighted by molar-refractivity contribution is -0.145. The second-order valence-electron chi connectivity index (χ2n) is 3.25. The molecule has 0 spiro atoms. The summed E-state index contributed by atoms with van der Waals surface area (Å²) in [5.41, 5.74) is -0.785. The van der Waals surface area contributed by atoms with Crippen LogP contribution in [-0.4, -0.2) is 49.8 Å². The topological polar surface area (TPSA) is 44.8 Å². The Morgan fingerprint density at radius 2 is 2.13 bits per heavy atom. The minimum Gasteiger partial charge on any atom is -0.448 e. The van der Waals surface area contributed by atoms with Crippen molar-refractivity contribution in [1.82, 2.24) is 0 Å². The van der Waals surface area contributed by atoms with E-state index in [1.165, 1.54) is 25.8 Å². The monoisotopic (exact) mass is 238 g/mol. The number of halogens is 1. The van der Waals surface area contributed by atoms with E-state index in [9.17, 15) is 9.18 Å². The fraction of sp³-hybridized carbons (Fsp3) is 0.889. The van der Waals surface area contributed by atoms with Gasteiger partial charge >= 0.3 is 5.97 Å². The van der Waals surface area contributed by atoms with Crippen molar-refractivity contribution < 1.29 is 23.4 Å². The smallest absolute Gasteiger partial charge is 0.303 e. The highest BCUT2D eigenvalue weighted by Gasteiger charge is 2.46. The average molecular weight is 238 g/mol. The minimum atomic E-state index is -1.30. The zero-order valence-electron chi connectivity index (χ0n) is 8.94. The standard InChI is InChI=1S/C9H15FO4S/c1-5(11)14-9-7(10)8(13-3)6(15-9)4-12-2/h6-9H,4H2,1-3H3/t6-,7-,8-,9?/m1/s1. The highest BCUT2D eigenvalue weighted by Crippen LogP contribution is 2.38. The molecule has 0 aromatic rings. The predicted octanol–water partition coefficient (Wildman–Crippen LogP) is 0.991. The predicted molar refractivity (Wildman–Crippen MR) is 54.5 cm³/mol. The third-order valence-corrected chi connectivity index (χ3v) is 3.51. The van der Waals surface area contributed by atoms with Gasteiger partial charge in [-0.05, 0) is 0 Å².